The molecule has 0 aliphatic rings. The molecule has 0 saturated heterocycles. The molecule has 106 valence electrons. The van der Waals surface area contributed by atoms with Gasteiger partial charge in [-0.25, -0.2) is 0 Å². The molecule has 2 aromatic carbocycles. The zero-order chi connectivity index (χ0) is 14.4. The zero-order valence-electron chi connectivity index (χ0n) is 12.3. The molecular formula is C18H23NO. The molecule has 0 aromatic heterocycles. The van der Waals surface area contributed by atoms with Gasteiger partial charge in [0.15, 0.2) is 0 Å². The maximum absolute atomic E-state index is 9.27. The standard InChI is InChI=1S/C18H23NO/c1-3-15-5-4-6-17(13-15)19-14(2)7-8-16-9-11-18(20)12-10-16/h4-6,9-14,19-20H,3,7-8H2,1-2H3. The van der Waals surface area contributed by atoms with Crippen LogP contribution in [0.5, 0.6) is 5.75 Å². The third kappa shape index (κ3) is 4.30. The predicted octanol–water partition coefficient (Wildman–Crippen LogP) is 4.39. The summed E-state index contributed by atoms with van der Waals surface area (Å²) in [5.74, 6) is 0.330. The molecule has 0 heterocycles. The maximum atomic E-state index is 9.27. The molecule has 1 atom stereocenters. The van der Waals surface area contributed by atoms with Crippen molar-refractivity contribution in [1.82, 2.24) is 0 Å². The first-order valence-electron chi connectivity index (χ1n) is 7.30. The molecule has 0 radical (unpaired) electrons. The number of benzene rings is 2. The summed E-state index contributed by atoms with van der Waals surface area (Å²) in [6.07, 6.45) is 3.15. The normalized spacial score (nSPS) is 12.1. The lowest BCUT2D eigenvalue weighted by Crippen LogP contribution is -2.16. The predicted molar refractivity (Wildman–Crippen MR) is 85.3 cm³/mol. The second-order valence-corrected chi connectivity index (χ2v) is 5.30. The van der Waals surface area contributed by atoms with Gasteiger partial charge in [-0.1, -0.05) is 31.2 Å². The third-order valence-corrected chi connectivity index (χ3v) is 3.55. The third-order valence-electron chi connectivity index (χ3n) is 3.55. The van der Waals surface area contributed by atoms with E-state index in [1.165, 1.54) is 16.8 Å². The van der Waals surface area contributed by atoms with Gasteiger partial charge < -0.3 is 10.4 Å². The Labute approximate surface area is 121 Å². The Hall–Kier alpha value is -1.96. The van der Waals surface area contributed by atoms with E-state index >= 15 is 0 Å². The van der Waals surface area contributed by atoms with Crippen LogP contribution in [-0.4, -0.2) is 11.1 Å². The summed E-state index contributed by atoms with van der Waals surface area (Å²) in [6.45, 7) is 4.38. The fraction of sp³-hybridized carbons (Fsp3) is 0.333. The highest BCUT2D eigenvalue weighted by Crippen LogP contribution is 2.15. The van der Waals surface area contributed by atoms with Crippen molar-refractivity contribution in [3.05, 3.63) is 59.7 Å². The van der Waals surface area contributed by atoms with Crippen LogP contribution in [0.3, 0.4) is 0 Å². The van der Waals surface area contributed by atoms with Crippen LogP contribution < -0.4 is 5.32 Å². The minimum Gasteiger partial charge on any atom is -0.508 e. The van der Waals surface area contributed by atoms with Gasteiger partial charge in [0.05, 0.1) is 0 Å². The second kappa shape index (κ2) is 6.99. The van der Waals surface area contributed by atoms with E-state index in [1.807, 2.05) is 12.1 Å². The summed E-state index contributed by atoms with van der Waals surface area (Å²) >= 11 is 0. The summed E-state index contributed by atoms with van der Waals surface area (Å²) in [5, 5.41) is 12.8. The fourth-order valence-electron chi connectivity index (χ4n) is 2.28. The molecule has 2 rings (SSSR count). The van der Waals surface area contributed by atoms with Crippen LogP contribution in [0.4, 0.5) is 5.69 Å². The average Bonchev–Trinajstić information content (AvgIpc) is 2.47. The second-order valence-electron chi connectivity index (χ2n) is 5.30. The van der Waals surface area contributed by atoms with E-state index in [9.17, 15) is 5.11 Å². The molecule has 1 unspecified atom stereocenters. The molecule has 20 heavy (non-hydrogen) atoms. The first kappa shape index (κ1) is 14.4. The Morgan fingerprint density at radius 2 is 1.80 bits per heavy atom. The number of hydrogen-bond donors (Lipinski definition) is 2. The topological polar surface area (TPSA) is 32.3 Å². The van der Waals surface area contributed by atoms with Gasteiger partial charge in [0.25, 0.3) is 0 Å². The number of rotatable bonds is 6. The van der Waals surface area contributed by atoms with E-state index in [-0.39, 0.29) is 0 Å². The van der Waals surface area contributed by atoms with Crippen molar-refractivity contribution in [2.75, 3.05) is 5.32 Å². The van der Waals surface area contributed by atoms with Gasteiger partial charge in [-0.2, -0.15) is 0 Å². The van der Waals surface area contributed by atoms with Crippen LogP contribution in [0.1, 0.15) is 31.4 Å². The van der Waals surface area contributed by atoms with E-state index in [4.69, 9.17) is 0 Å². The minimum absolute atomic E-state index is 0.330. The van der Waals surface area contributed by atoms with Crippen molar-refractivity contribution in [2.45, 2.75) is 39.2 Å². The summed E-state index contributed by atoms with van der Waals surface area (Å²) in [4.78, 5) is 0. The Bertz CT molecular complexity index is 533. The van der Waals surface area contributed by atoms with Crippen molar-refractivity contribution in [1.29, 1.82) is 0 Å². The Kier molecular flexibility index (Phi) is 5.05. The first-order valence-corrected chi connectivity index (χ1v) is 7.30. The van der Waals surface area contributed by atoms with Gasteiger partial charge in [0.1, 0.15) is 5.75 Å². The number of hydrogen-bond acceptors (Lipinski definition) is 2. The molecule has 2 N–H and O–H groups in total. The minimum atomic E-state index is 0.330. The first-order chi connectivity index (χ1) is 9.67. The van der Waals surface area contributed by atoms with E-state index in [1.54, 1.807) is 12.1 Å². The zero-order valence-corrected chi connectivity index (χ0v) is 12.3. The molecule has 0 fully saturated rings. The van der Waals surface area contributed by atoms with Crippen molar-refractivity contribution in [3.8, 4) is 5.75 Å². The Morgan fingerprint density at radius 1 is 1.05 bits per heavy atom. The molecule has 2 heteroatoms. The van der Waals surface area contributed by atoms with Gasteiger partial charge >= 0.3 is 0 Å². The number of anilines is 1. The Morgan fingerprint density at radius 3 is 2.50 bits per heavy atom. The molecule has 0 saturated carbocycles. The SMILES string of the molecule is CCc1cccc(NC(C)CCc2ccc(O)cc2)c1. The molecule has 0 aliphatic heterocycles. The largest absolute Gasteiger partial charge is 0.508 e. The molecule has 2 aromatic rings. The van der Waals surface area contributed by atoms with Crippen LogP contribution in [0.2, 0.25) is 0 Å². The molecule has 0 bridgehead atoms. The number of aromatic hydroxyl groups is 1. The van der Waals surface area contributed by atoms with E-state index in [0.29, 0.717) is 11.8 Å². The monoisotopic (exact) mass is 269 g/mol. The molecule has 0 amide bonds. The van der Waals surface area contributed by atoms with Crippen molar-refractivity contribution in [3.63, 3.8) is 0 Å². The average molecular weight is 269 g/mol. The molecular weight excluding hydrogens is 246 g/mol. The summed E-state index contributed by atoms with van der Waals surface area (Å²) in [5.41, 5.74) is 3.82. The van der Waals surface area contributed by atoms with Gasteiger partial charge in [0.2, 0.25) is 0 Å². The maximum Gasteiger partial charge on any atom is 0.115 e. The van der Waals surface area contributed by atoms with Crippen molar-refractivity contribution >= 4 is 5.69 Å². The summed E-state index contributed by atoms with van der Waals surface area (Å²) in [7, 11) is 0. The van der Waals surface area contributed by atoms with Gasteiger partial charge in [-0.05, 0) is 61.6 Å². The number of aryl methyl sites for hydroxylation is 2. The lowest BCUT2D eigenvalue weighted by Gasteiger charge is -2.16. The van der Waals surface area contributed by atoms with Crippen LogP contribution in [0.15, 0.2) is 48.5 Å². The van der Waals surface area contributed by atoms with E-state index < -0.39 is 0 Å². The molecule has 2 nitrogen and oxygen atoms in total. The highest BCUT2D eigenvalue weighted by atomic mass is 16.3. The summed E-state index contributed by atoms with van der Waals surface area (Å²) < 4.78 is 0. The highest BCUT2D eigenvalue weighted by Gasteiger charge is 2.03. The quantitative estimate of drug-likeness (QED) is 0.815. The van der Waals surface area contributed by atoms with Crippen molar-refractivity contribution < 1.29 is 5.11 Å². The van der Waals surface area contributed by atoms with E-state index in [0.717, 1.165) is 19.3 Å². The number of phenolic OH excluding ortho intramolecular Hbond substituents is 1. The Balaban J connectivity index is 1.85. The van der Waals surface area contributed by atoms with Crippen LogP contribution >= 0.6 is 0 Å². The fourth-order valence-corrected chi connectivity index (χ4v) is 2.28. The molecule has 0 aliphatic carbocycles. The van der Waals surface area contributed by atoms with Gasteiger partial charge in [0, 0.05) is 11.7 Å². The van der Waals surface area contributed by atoms with Crippen molar-refractivity contribution in [2.24, 2.45) is 0 Å². The number of nitrogens with one attached hydrogen (secondary N) is 1. The van der Waals surface area contributed by atoms with E-state index in [2.05, 4.69) is 43.4 Å². The highest BCUT2D eigenvalue weighted by molar-refractivity contribution is 5.46. The lowest BCUT2D eigenvalue weighted by molar-refractivity contribution is 0.475. The molecule has 0 spiro atoms. The van der Waals surface area contributed by atoms with Crippen LogP contribution in [0.25, 0.3) is 0 Å². The number of phenols is 1. The summed E-state index contributed by atoms with van der Waals surface area (Å²) in [6, 6.07) is 16.5. The van der Waals surface area contributed by atoms with Crippen LogP contribution in [0, 0.1) is 0 Å². The van der Waals surface area contributed by atoms with Gasteiger partial charge in [-0.15, -0.1) is 0 Å². The van der Waals surface area contributed by atoms with Crippen LogP contribution in [-0.2, 0) is 12.8 Å². The van der Waals surface area contributed by atoms with Gasteiger partial charge in [-0.3, -0.25) is 0 Å². The lowest BCUT2D eigenvalue weighted by atomic mass is 10.1. The smallest absolute Gasteiger partial charge is 0.115 e.